The second-order valence-corrected chi connectivity index (χ2v) is 6.90. The van der Waals surface area contributed by atoms with E-state index >= 15 is 0 Å². The fourth-order valence-corrected chi connectivity index (χ4v) is 3.16. The van der Waals surface area contributed by atoms with Crippen LogP contribution in [-0.4, -0.2) is 27.6 Å². The van der Waals surface area contributed by atoms with Gasteiger partial charge in [0.05, 0.1) is 17.3 Å². The lowest BCUT2D eigenvalue weighted by Crippen LogP contribution is -2.27. The predicted molar refractivity (Wildman–Crippen MR) is 107 cm³/mol. The zero-order valence-electron chi connectivity index (χ0n) is 16.3. The number of benzene rings is 1. The molecular weight excluding hydrogens is 412 g/mol. The molecule has 1 aromatic carbocycles. The fourth-order valence-electron chi connectivity index (χ4n) is 3.16. The average molecular weight is 428 g/mol. The summed E-state index contributed by atoms with van der Waals surface area (Å²) >= 11 is 0. The molecule has 5 nitrogen and oxygen atoms in total. The third-order valence-corrected chi connectivity index (χ3v) is 4.91. The first-order valence-corrected chi connectivity index (χ1v) is 9.22. The number of amides is 1. The average Bonchev–Trinajstić information content (AvgIpc) is 3.21. The molecule has 0 bridgehead atoms. The topological polar surface area (TPSA) is 50.5 Å². The molecule has 0 aliphatic rings. The molecule has 0 radical (unpaired) electrons. The van der Waals surface area contributed by atoms with Gasteiger partial charge in [-0.25, -0.2) is 13.9 Å². The first-order valence-electron chi connectivity index (χ1n) is 9.22. The summed E-state index contributed by atoms with van der Waals surface area (Å²) in [5.74, 6) is -0.344. The van der Waals surface area contributed by atoms with Crippen molar-refractivity contribution >= 4 is 17.2 Å². The van der Waals surface area contributed by atoms with E-state index in [0.717, 1.165) is 23.3 Å². The van der Waals surface area contributed by atoms with Crippen molar-refractivity contribution in [1.82, 2.24) is 14.6 Å². The van der Waals surface area contributed by atoms with Crippen molar-refractivity contribution in [3.63, 3.8) is 0 Å². The van der Waals surface area contributed by atoms with Crippen LogP contribution in [0.3, 0.4) is 0 Å². The van der Waals surface area contributed by atoms with E-state index in [0.29, 0.717) is 22.8 Å². The highest BCUT2D eigenvalue weighted by Crippen LogP contribution is 2.30. The second-order valence-electron chi connectivity index (χ2n) is 6.90. The monoisotopic (exact) mass is 428 g/mol. The Morgan fingerprint density at radius 3 is 2.42 bits per heavy atom. The van der Waals surface area contributed by atoms with Crippen molar-refractivity contribution in [2.24, 2.45) is 0 Å². The number of hydrogen-bond donors (Lipinski definition) is 0. The largest absolute Gasteiger partial charge is 0.417 e. The Morgan fingerprint density at radius 2 is 1.81 bits per heavy atom. The van der Waals surface area contributed by atoms with Crippen LogP contribution in [0.15, 0.2) is 67.1 Å². The van der Waals surface area contributed by atoms with Crippen molar-refractivity contribution in [3.05, 3.63) is 83.8 Å². The standard InChI is InChI=1S/C22H16F4N4O/c1-29(20-7-6-17(12-27-20)22(24,25)26)21(31)16-8-9-30-19(10-16)18(13-28-30)15-4-2-14(11-23)3-5-15/h2-10,12-13H,11H2,1H3. The summed E-state index contributed by atoms with van der Waals surface area (Å²) in [6.07, 6.45) is -0.538. The number of carbonyl (C=O) groups is 1. The minimum absolute atomic E-state index is 0.0911. The van der Waals surface area contributed by atoms with E-state index in [2.05, 4.69) is 10.1 Å². The number of nitrogens with zero attached hydrogens (tertiary/aromatic N) is 4. The summed E-state index contributed by atoms with van der Waals surface area (Å²) in [4.78, 5) is 17.9. The first-order chi connectivity index (χ1) is 14.8. The molecule has 0 unspecified atom stereocenters. The van der Waals surface area contributed by atoms with Crippen molar-refractivity contribution in [3.8, 4) is 11.1 Å². The number of aromatic nitrogens is 3. The lowest BCUT2D eigenvalue weighted by atomic mass is 10.0. The van der Waals surface area contributed by atoms with Crippen LogP contribution in [0.2, 0.25) is 0 Å². The van der Waals surface area contributed by atoms with Crippen LogP contribution in [0.4, 0.5) is 23.4 Å². The molecule has 0 spiro atoms. The number of anilines is 1. The van der Waals surface area contributed by atoms with Crippen LogP contribution < -0.4 is 4.90 Å². The summed E-state index contributed by atoms with van der Waals surface area (Å²) in [7, 11) is 1.44. The SMILES string of the molecule is CN(C(=O)c1ccn2ncc(-c3ccc(CF)cc3)c2c1)c1ccc(C(F)(F)F)cn1. The molecule has 0 aliphatic heterocycles. The van der Waals surface area contributed by atoms with Crippen LogP contribution in [-0.2, 0) is 12.9 Å². The molecule has 31 heavy (non-hydrogen) atoms. The number of carbonyl (C=O) groups excluding carboxylic acids is 1. The highest BCUT2D eigenvalue weighted by atomic mass is 19.4. The molecule has 0 fully saturated rings. The maximum Gasteiger partial charge on any atom is 0.417 e. The van der Waals surface area contributed by atoms with Crippen molar-refractivity contribution < 1.29 is 22.4 Å². The molecule has 0 saturated carbocycles. The van der Waals surface area contributed by atoms with E-state index in [1.54, 1.807) is 53.3 Å². The summed E-state index contributed by atoms with van der Waals surface area (Å²) < 4.78 is 52.6. The minimum atomic E-state index is -4.50. The number of fused-ring (bicyclic) bond motifs is 1. The van der Waals surface area contributed by atoms with E-state index in [9.17, 15) is 22.4 Å². The van der Waals surface area contributed by atoms with Gasteiger partial charge in [-0.2, -0.15) is 18.3 Å². The van der Waals surface area contributed by atoms with Gasteiger partial charge in [-0.05, 0) is 35.4 Å². The zero-order chi connectivity index (χ0) is 22.2. The third-order valence-electron chi connectivity index (χ3n) is 4.91. The van der Waals surface area contributed by atoms with Gasteiger partial charge in [-0.3, -0.25) is 9.69 Å². The zero-order valence-corrected chi connectivity index (χ0v) is 16.3. The highest BCUT2D eigenvalue weighted by Gasteiger charge is 2.31. The van der Waals surface area contributed by atoms with Crippen LogP contribution in [0.25, 0.3) is 16.6 Å². The van der Waals surface area contributed by atoms with E-state index in [1.165, 1.54) is 11.9 Å². The highest BCUT2D eigenvalue weighted by molar-refractivity contribution is 6.06. The number of rotatable bonds is 4. The lowest BCUT2D eigenvalue weighted by molar-refractivity contribution is -0.137. The molecule has 9 heteroatoms. The molecule has 0 saturated heterocycles. The van der Waals surface area contributed by atoms with E-state index in [1.807, 2.05) is 0 Å². The molecule has 0 N–H and O–H groups in total. The minimum Gasteiger partial charge on any atom is -0.296 e. The molecular formula is C22H16F4N4O. The number of pyridine rings is 2. The van der Waals surface area contributed by atoms with Crippen LogP contribution >= 0.6 is 0 Å². The molecule has 158 valence electrons. The maximum absolute atomic E-state index is 12.9. The summed E-state index contributed by atoms with van der Waals surface area (Å²) in [5.41, 5.74) is 2.22. The second kappa shape index (κ2) is 7.82. The molecule has 0 aliphatic carbocycles. The summed E-state index contributed by atoms with van der Waals surface area (Å²) in [6, 6.07) is 12.2. The Bertz CT molecular complexity index is 1230. The predicted octanol–water partition coefficient (Wildman–Crippen LogP) is 5.16. The van der Waals surface area contributed by atoms with Gasteiger partial charge >= 0.3 is 6.18 Å². The van der Waals surface area contributed by atoms with Crippen molar-refractivity contribution in [1.29, 1.82) is 0 Å². The third kappa shape index (κ3) is 3.98. The van der Waals surface area contributed by atoms with E-state index in [-0.39, 0.29) is 5.82 Å². The van der Waals surface area contributed by atoms with E-state index < -0.39 is 24.3 Å². The molecule has 3 heterocycles. The number of halogens is 4. The molecule has 4 rings (SSSR count). The van der Waals surface area contributed by atoms with Gasteiger partial charge in [-0.1, -0.05) is 24.3 Å². The Hall–Kier alpha value is -3.75. The van der Waals surface area contributed by atoms with Crippen LogP contribution in [0.5, 0.6) is 0 Å². The first kappa shape index (κ1) is 20.5. The van der Waals surface area contributed by atoms with Crippen LogP contribution in [0.1, 0.15) is 21.5 Å². The Morgan fingerprint density at radius 1 is 1.06 bits per heavy atom. The Kier molecular flexibility index (Phi) is 5.18. The molecule has 0 atom stereocenters. The smallest absolute Gasteiger partial charge is 0.296 e. The Balaban J connectivity index is 1.65. The molecule has 4 aromatic rings. The van der Waals surface area contributed by atoms with Gasteiger partial charge in [-0.15, -0.1) is 0 Å². The molecule has 1 amide bonds. The van der Waals surface area contributed by atoms with Gasteiger partial charge < -0.3 is 0 Å². The fraction of sp³-hybridized carbons (Fsp3) is 0.136. The van der Waals surface area contributed by atoms with Crippen molar-refractivity contribution in [2.75, 3.05) is 11.9 Å². The lowest BCUT2D eigenvalue weighted by Gasteiger charge is -2.17. The van der Waals surface area contributed by atoms with Gasteiger partial charge in [0, 0.05) is 30.6 Å². The van der Waals surface area contributed by atoms with Gasteiger partial charge in [0.1, 0.15) is 12.5 Å². The molecule has 3 aromatic heterocycles. The quantitative estimate of drug-likeness (QED) is 0.422. The number of hydrogen-bond acceptors (Lipinski definition) is 3. The summed E-state index contributed by atoms with van der Waals surface area (Å²) in [6.45, 7) is -0.558. The van der Waals surface area contributed by atoms with Gasteiger partial charge in [0.25, 0.3) is 5.91 Å². The maximum atomic E-state index is 12.9. The van der Waals surface area contributed by atoms with Gasteiger partial charge in [0.2, 0.25) is 0 Å². The normalized spacial score (nSPS) is 11.6. The summed E-state index contributed by atoms with van der Waals surface area (Å²) in [5, 5.41) is 4.27. The van der Waals surface area contributed by atoms with Crippen LogP contribution in [0, 0.1) is 0 Å². The van der Waals surface area contributed by atoms with Gasteiger partial charge in [0.15, 0.2) is 0 Å². The van der Waals surface area contributed by atoms with Crippen molar-refractivity contribution in [2.45, 2.75) is 12.9 Å². The number of alkyl halides is 4. The Labute approximate surface area is 174 Å². The van der Waals surface area contributed by atoms with E-state index in [4.69, 9.17) is 0 Å².